The molecule has 20 heavy (non-hydrogen) atoms. The van der Waals surface area contributed by atoms with Gasteiger partial charge in [0.05, 0.1) is 0 Å². The Morgan fingerprint density at radius 1 is 1.50 bits per heavy atom. The standard InChI is InChI=1S/C12H15F3N4O/c1-2-3-9-16-10(18-17-9)11(20)19-6-4-8(5-7-19)12(13,14)15/h4H,2-3,5-7H2,1H3,(H,16,17,18). The van der Waals surface area contributed by atoms with Crippen LogP contribution in [-0.2, 0) is 6.42 Å². The van der Waals surface area contributed by atoms with Crippen LogP contribution in [0.4, 0.5) is 13.2 Å². The highest BCUT2D eigenvalue weighted by Crippen LogP contribution is 2.30. The zero-order valence-electron chi connectivity index (χ0n) is 11.0. The zero-order chi connectivity index (χ0) is 14.8. The average molecular weight is 288 g/mol. The van der Waals surface area contributed by atoms with Crippen LogP contribution in [0, 0.1) is 0 Å². The number of nitrogens with zero attached hydrogens (tertiary/aromatic N) is 3. The molecule has 8 heteroatoms. The second-order valence-corrected chi connectivity index (χ2v) is 4.58. The molecule has 0 spiro atoms. The van der Waals surface area contributed by atoms with Crippen molar-refractivity contribution in [2.75, 3.05) is 13.1 Å². The van der Waals surface area contributed by atoms with E-state index in [1.807, 2.05) is 6.92 Å². The van der Waals surface area contributed by atoms with Crippen LogP contribution in [0.15, 0.2) is 11.6 Å². The van der Waals surface area contributed by atoms with Gasteiger partial charge in [-0.15, -0.1) is 5.10 Å². The molecule has 0 saturated carbocycles. The highest BCUT2D eigenvalue weighted by molar-refractivity contribution is 5.90. The van der Waals surface area contributed by atoms with Gasteiger partial charge in [0.2, 0.25) is 5.82 Å². The van der Waals surface area contributed by atoms with Crippen molar-refractivity contribution >= 4 is 5.91 Å². The number of H-pyrrole nitrogens is 1. The lowest BCUT2D eigenvalue weighted by atomic mass is 10.1. The first-order valence-electron chi connectivity index (χ1n) is 6.38. The predicted molar refractivity (Wildman–Crippen MR) is 65.0 cm³/mol. The normalized spacial score (nSPS) is 16.2. The summed E-state index contributed by atoms with van der Waals surface area (Å²) in [6, 6.07) is 0. The van der Waals surface area contributed by atoms with E-state index in [2.05, 4.69) is 15.2 Å². The lowest BCUT2D eigenvalue weighted by Crippen LogP contribution is -2.37. The molecule has 0 fully saturated rings. The summed E-state index contributed by atoms with van der Waals surface area (Å²) in [4.78, 5) is 17.4. The quantitative estimate of drug-likeness (QED) is 0.866. The Labute approximate surface area is 113 Å². The second kappa shape index (κ2) is 5.64. The van der Waals surface area contributed by atoms with Crippen molar-refractivity contribution in [3.8, 4) is 0 Å². The van der Waals surface area contributed by atoms with Gasteiger partial charge in [0.1, 0.15) is 5.82 Å². The minimum atomic E-state index is -4.31. The Hall–Kier alpha value is -1.86. The van der Waals surface area contributed by atoms with E-state index in [1.54, 1.807) is 0 Å². The van der Waals surface area contributed by atoms with Crippen molar-refractivity contribution in [1.29, 1.82) is 0 Å². The van der Waals surface area contributed by atoms with Crippen molar-refractivity contribution in [1.82, 2.24) is 20.1 Å². The number of rotatable bonds is 3. The molecule has 1 amide bonds. The van der Waals surface area contributed by atoms with Crippen molar-refractivity contribution < 1.29 is 18.0 Å². The first-order chi connectivity index (χ1) is 9.41. The molecule has 1 aliphatic rings. The van der Waals surface area contributed by atoms with Crippen LogP contribution in [0.1, 0.15) is 36.2 Å². The van der Waals surface area contributed by atoms with Crippen molar-refractivity contribution in [2.45, 2.75) is 32.4 Å². The number of nitrogens with one attached hydrogen (secondary N) is 1. The van der Waals surface area contributed by atoms with Gasteiger partial charge in [-0.2, -0.15) is 13.2 Å². The SMILES string of the molecule is CCCc1nc(C(=O)N2CC=C(C(F)(F)F)CC2)n[nH]1. The number of aromatic amines is 1. The lowest BCUT2D eigenvalue weighted by Gasteiger charge is -2.26. The van der Waals surface area contributed by atoms with Gasteiger partial charge in [-0.25, -0.2) is 4.98 Å². The topological polar surface area (TPSA) is 61.9 Å². The Morgan fingerprint density at radius 3 is 2.80 bits per heavy atom. The number of aryl methyl sites for hydroxylation is 1. The number of alkyl halides is 3. The maximum atomic E-state index is 12.5. The highest BCUT2D eigenvalue weighted by atomic mass is 19.4. The number of halogens is 3. The van der Waals surface area contributed by atoms with E-state index in [1.165, 1.54) is 4.90 Å². The third-order valence-corrected chi connectivity index (χ3v) is 3.07. The summed E-state index contributed by atoms with van der Waals surface area (Å²) in [6.07, 6.45) is -1.92. The zero-order valence-corrected chi connectivity index (χ0v) is 11.0. The van der Waals surface area contributed by atoms with Gasteiger partial charge < -0.3 is 4.90 Å². The molecule has 0 bridgehead atoms. The van der Waals surface area contributed by atoms with E-state index in [9.17, 15) is 18.0 Å². The number of carbonyl (C=O) groups is 1. The number of hydrogen-bond donors (Lipinski definition) is 1. The first-order valence-corrected chi connectivity index (χ1v) is 6.38. The first kappa shape index (κ1) is 14.5. The van der Waals surface area contributed by atoms with E-state index in [4.69, 9.17) is 0 Å². The summed E-state index contributed by atoms with van der Waals surface area (Å²) in [5, 5.41) is 6.46. The van der Waals surface area contributed by atoms with Crippen LogP contribution in [0.25, 0.3) is 0 Å². The van der Waals surface area contributed by atoms with Gasteiger partial charge in [0, 0.05) is 25.1 Å². The predicted octanol–water partition coefficient (Wildman–Crippen LogP) is 2.09. The molecule has 0 radical (unpaired) electrons. The minimum absolute atomic E-state index is 0.0114. The number of hydrogen-bond acceptors (Lipinski definition) is 3. The van der Waals surface area contributed by atoms with Gasteiger partial charge in [-0.05, 0) is 12.8 Å². The van der Waals surface area contributed by atoms with E-state index < -0.39 is 17.7 Å². The molecule has 0 unspecified atom stereocenters. The molecule has 1 aliphatic heterocycles. The van der Waals surface area contributed by atoms with E-state index >= 15 is 0 Å². The van der Waals surface area contributed by atoms with E-state index in [0.717, 1.165) is 12.5 Å². The fourth-order valence-electron chi connectivity index (χ4n) is 1.99. The molecule has 1 N–H and O–H groups in total. The summed E-state index contributed by atoms with van der Waals surface area (Å²) in [5.74, 6) is 0.178. The molecule has 1 aromatic rings. The van der Waals surface area contributed by atoms with Crippen LogP contribution >= 0.6 is 0 Å². The fourth-order valence-corrected chi connectivity index (χ4v) is 1.99. The summed E-state index contributed by atoms with van der Waals surface area (Å²) in [7, 11) is 0. The average Bonchev–Trinajstić information content (AvgIpc) is 2.86. The van der Waals surface area contributed by atoms with Gasteiger partial charge in [-0.3, -0.25) is 9.89 Å². The van der Waals surface area contributed by atoms with Crippen molar-refractivity contribution in [3.05, 3.63) is 23.3 Å². The van der Waals surface area contributed by atoms with Crippen LogP contribution in [0.2, 0.25) is 0 Å². The molecule has 0 saturated heterocycles. The molecule has 2 heterocycles. The van der Waals surface area contributed by atoms with Crippen LogP contribution in [-0.4, -0.2) is 45.3 Å². The Kier molecular flexibility index (Phi) is 4.10. The second-order valence-electron chi connectivity index (χ2n) is 4.58. The summed E-state index contributed by atoms with van der Waals surface area (Å²) in [6.45, 7) is 1.94. The molecule has 5 nitrogen and oxygen atoms in total. The van der Waals surface area contributed by atoms with E-state index in [-0.39, 0.29) is 25.3 Å². The van der Waals surface area contributed by atoms with Crippen LogP contribution < -0.4 is 0 Å². The molecule has 2 rings (SSSR count). The monoisotopic (exact) mass is 288 g/mol. The number of amides is 1. The van der Waals surface area contributed by atoms with Crippen LogP contribution in [0.5, 0.6) is 0 Å². The molecule has 0 atom stereocenters. The maximum absolute atomic E-state index is 12.5. The molecule has 110 valence electrons. The van der Waals surface area contributed by atoms with Crippen molar-refractivity contribution in [2.24, 2.45) is 0 Å². The molecular weight excluding hydrogens is 273 g/mol. The van der Waals surface area contributed by atoms with Gasteiger partial charge in [-0.1, -0.05) is 13.0 Å². The Bertz CT molecular complexity index is 521. The highest BCUT2D eigenvalue weighted by Gasteiger charge is 2.35. The minimum Gasteiger partial charge on any atom is -0.332 e. The summed E-state index contributed by atoms with van der Waals surface area (Å²) in [5.41, 5.74) is -0.580. The fraction of sp³-hybridized carbons (Fsp3) is 0.583. The largest absolute Gasteiger partial charge is 0.412 e. The molecular formula is C12H15F3N4O. The number of aromatic nitrogens is 3. The molecule has 0 aliphatic carbocycles. The Balaban J connectivity index is 2.02. The lowest BCUT2D eigenvalue weighted by molar-refractivity contribution is -0.0957. The van der Waals surface area contributed by atoms with Gasteiger partial charge >= 0.3 is 6.18 Å². The van der Waals surface area contributed by atoms with Crippen LogP contribution in [0.3, 0.4) is 0 Å². The van der Waals surface area contributed by atoms with Gasteiger partial charge in [0.15, 0.2) is 0 Å². The molecule has 1 aromatic heterocycles. The van der Waals surface area contributed by atoms with Gasteiger partial charge in [0.25, 0.3) is 5.91 Å². The van der Waals surface area contributed by atoms with Crippen molar-refractivity contribution in [3.63, 3.8) is 0 Å². The summed E-state index contributed by atoms with van der Waals surface area (Å²) < 4.78 is 37.4. The number of carbonyl (C=O) groups excluding carboxylic acids is 1. The van der Waals surface area contributed by atoms with E-state index in [0.29, 0.717) is 12.2 Å². The third kappa shape index (κ3) is 3.17. The third-order valence-electron chi connectivity index (χ3n) is 3.07. The maximum Gasteiger partial charge on any atom is 0.412 e. The Morgan fingerprint density at radius 2 is 2.25 bits per heavy atom. The summed E-state index contributed by atoms with van der Waals surface area (Å²) >= 11 is 0. The smallest absolute Gasteiger partial charge is 0.332 e. The molecule has 0 aromatic carbocycles.